The van der Waals surface area contributed by atoms with Gasteiger partial charge in [0, 0.05) is 0 Å². The summed E-state index contributed by atoms with van der Waals surface area (Å²) >= 11 is 0. The van der Waals surface area contributed by atoms with Gasteiger partial charge in [0.05, 0.1) is 5.25 Å². The maximum atomic E-state index is 11.5. The van der Waals surface area contributed by atoms with Gasteiger partial charge in [0.1, 0.15) is 0 Å². The van der Waals surface area contributed by atoms with E-state index in [9.17, 15) is 13.2 Å². The van der Waals surface area contributed by atoms with Gasteiger partial charge in [-0.3, -0.25) is 0 Å². The average molecular weight is 218 g/mol. The number of aromatic carboxylic acids is 1. The number of carboxylic acids is 1. The maximum absolute atomic E-state index is 11.5. The predicted molar refractivity (Wildman–Crippen MR) is 48.0 cm³/mol. The molecular formula is C8H10O5S. The first-order valence-corrected chi connectivity index (χ1v) is 5.47. The summed E-state index contributed by atoms with van der Waals surface area (Å²) in [5.41, 5.74) is 0. The molecule has 0 fully saturated rings. The van der Waals surface area contributed by atoms with Gasteiger partial charge < -0.3 is 9.52 Å². The van der Waals surface area contributed by atoms with Crippen LogP contribution in [0.5, 0.6) is 0 Å². The fraction of sp³-hybridized carbons (Fsp3) is 0.375. The van der Waals surface area contributed by atoms with Gasteiger partial charge in [0.2, 0.25) is 20.7 Å². The Bertz CT molecular complexity index is 440. The van der Waals surface area contributed by atoms with Crippen molar-refractivity contribution in [1.82, 2.24) is 0 Å². The Hall–Kier alpha value is -1.30. The lowest BCUT2D eigenvalue weighted by molar-refractivity contribution is 0.0656. The summed E-state index contributed by atoms with van der Waals surface area (Å²) in [5.74, 6) is -1.65. The van der Waals surface area contributed by atoms with Crippen molar-refractivity contribution in [2.45, 2.75) is 24.2 Å². The number of rotatable bonds is 3. The van der Waals surface area contributed by atoms with Crippen molar-refractivity contribution in [1.29, 1.82) is 0 Å². The fourth-order valence-corrected chi connectivity index (χ4v) is 1.75. The Balaban J connectivity index is 3.16. The van der Waals surface area contributed by atoms with E-state index < -0.39 is 21.1 Å². The van der Waals surface area contributed by atoms with Crippen molar-refractivity contribution in [3.05, 3.63) is 17.9 Å². The highest BCUT2D eigenvalue weighted by Gasteiger charge is 2.24. The van der Waals surface area contributed by atoms with Crippen molar-refractivity contribution in [2.24, 2.45) is 0 Å². The molecule has 14 heavy (non-hydrogen) atoms. The Morgan fingerprint density at radius 3 is 2.36 bits per heavy atom. The highest BCUT2D eigenvalue weighted by atomic mass is 32.2. The standard InChI is InChI=1S/C8H10O5S/c1-5(2)14(11,12)7-4-3-6(13-7)8(9)10/h3-5H,1-2H3,(H,9,10). The van der Waals surface area contributed by atoms with Crippen LogP contribution in [0.2, 0.25) is 0 Å². The van der Waals surface area contributed by atoms with Crippen molar-refractivity contribution in [3.8, 4) is 0 Å². The zero-order valence-electron chi connectivity index (χ0n) is 7.72. The minimum atomic E-state index is -3.52. The largest absolute Gasteiger partial charge is 0.475 e. The molecule has 5 nitrogen and oxygen atoms in total. The highest BCUT2D eigenvalue weighted by molar-refractivity contribution is 7.91. The molecule has 1 N–H and O–H groups in total. The molecule has 0 aliphatic heterocycles. The van der Waals surface area contributed by atoms with Gasteiger partial charge in [0.25, 0.3) is 0 Å². The zero-order chi connectivity index (χ0) is 10.9. The van der Waals surface area contributed by atoms with Crippen LogP contribution in [-0.2, 0) is 9.84 Å². The van der Waals surface area contributed by atoms with E-state index in [1.807, 2.05) is 0 Å². The summed E-state index contributed by atoms with van der Waals surface area (Å²) in [7, 11) is -3.52. The first-order chi connectivity index (χ1) is 6.35. The zero-order valence-corrected chi connectivity index (χ0v) is 8.54. The van der Waals surface area contributed by atoms with Gasteiger partial charge in [-0.1, -0.05) is 0 Å². The quantitative estimate of drug-likeness (QED) is 0.822. The lowest BCUT2D eigenvalue weighted by Gasteiger charge is -2.02. The second-order valence-electron chi connectivity index (χ2n) is 3.02. The highest BCUT2D eigenvalue weighted by Crippen LogP contribution is 2.18. The maximum Gasteiger partial charge on any atom is 0.371 e. The SMILES string of the molecule is CC(C)S(=O)(=O)c1ccc(C(=O)O)o1. The van der Waals surface area contributed by atoms with Crippen LogP contribution in [0.15, 0.2) is 21.6 Å². The molecular weight excluding hydrogens is 208 g/mol. The fourth-order valence-electron chi connectivity index (χ4n) is 0.820. The minimum Gasteiger partial charge on any atom is -0.475 e. The van der Waals surface area contributed by atoms with Crippen LogP contribution in [0.4, 0.5) is 0 Å². The van der Waals surface area contributed by atoms with Crippen molar-refractivity contribution in [3.63, 3.8) is 0 Å². The van der Waals surface area contributed by atoms with E-state index in [1.165, 1.54) is 13.8 Å². The number of sulfone groups is 1. The first kappa shape index (κ1) is 10.8. The van der Waals surface area contributed by atoms with Crippen molar-refractivity contribution < 1.29 is 22.7 Å². The van der Waals surface area contributed by atoms with Gasteiger partial charge in [-0.15, -0.1) is 0 Å². The molecule has 0 spiro atoms. The van der Waals surface area contributed by atoms with Crippen molar-refractivity contribution in [2.75, 3.05) is 0 Å². The van der Waals surface area contributed by atoms with E-state index in [1.54, 1.807) is 0 Å². The molecule has 0 aromatic carbocycles. The molecule has 0 amide bonds. The molecule has 0 aliphatic rings. The molecule has 0 bridgehead atoms. The van der Waals surface area contributed by atoms with Gasteiger partial charge in [-0.05, 0) is 26.0 Å². The summed E-state index contributed by atoms with van der Waals surface area (Å²) in [4.78, 5) is 10.4. The molecule has 0 saturated heterocycles. The molecule has 0 unspecified atom stereocenters. The Morgan fingerprint density at radius 2 is 2.00 bits per heavy atom. The topological polar surface area (TPSA) is 84.6 Å². The van der Waals surface area contributed by atoms with Crippen LogP contribution in [0.25, 0.3) is 0 Å². The number of carboxylic acid groups (broad SMARTS) is 1. The summed E-state index contributed by atoms with van der Waals surface area (Å²) < 4.78 is 27.6. The molecule has 0 radical (unpaired) electrons. The molecule has 0 aliphatic carbocycles. The van der Waals surface area contributed by atoms with E-state index in [4.69, 9.17) is 5.11 Å². The lowest BCUT2D eigenvalue weighted by Crippen LogP contribution is -2.13. The van der Waals surface area contributed by atoms with E-state index in [-0.39, 0.29) is 10.9 Å². The number of hydrogen-bond donors (Lipinski definition) is 1. The number of hydrogen-bond acceptors (Lipinski definition) is 4. The summed E-state index contributed by atoms with van der Waals surface area (Å²) in [5, 5.41) is 7.58. The molecule has 6 heteroatoms. The van der Waals surface area contributed by atoms with Crippen LogP contribution < -0.4 is 0 Å². The Labute approximate surface area is 81.3 Å². The van der Waals surface area contributed by atoms with Crippen LogP contribution in [0.3, 0.4) is 0 Å². The molecule has 1 rings (SSSR count). The van der Waals surface area contributed by atoms with E-state index in [0.29, 0.717) is 0 Å². The molecule has 0 saturated carbocycles. The molecule has 1 aromatic rings. The number of furan rings is 1. The van der Waals surface area contributed by atoms with Gasteiger partial charge in [-0.25, -0.2) is 13.2 Å². The predicted octanol–water partition coefficient (Wildman–Crippen LogP) is 1.16. The summed E-state index contributed by atoms with van der Waals surface area (Å²) in [6, 6.07) is 2.27. The molecule has 1 aromatic heterocycles. The Kier molecular flexibility index (Phi) is 2.66. The summed E-state index contributed by atoms with van der Waals surface area (Å²) in [6.07, 6.45) is 0. The monoisotopic (exact) mass is 218 g/mol. The van der Waals surface area contributed by atoms with Gasteiger partial charge >= 0.3 is 5.97 Å². The van der Waals surface area contributed by atoms with Crippen LogP contribution >= 0.6 is 0 Å². The van der Waals surface area contributed by atoms with Gasteiger partial charge in [-0.2, -0.15) is 0 Å². The second kappa shape index (κ2) is 3.45. The third kappa shape index (κ3) is 1.79. The van der Waals surface area contributed by atoms with E-state index >= 15 is 0 Å². The van der Waals surface area contributed by atoms with Crippen LogP contribution in [0, 0.1) is 0 Å². The van der Waals surface area contributed by atoms with Crippen LogP contribution in [-0.4, -0.2) is 24.7 Å². The first-order valence-electron chi connectivity index (χ1n) is 3.92. The second-order valence-corrected chi connectivity index (χ2v) is 5.45. The molecule has 0 atom stereocenters. The number of carbonyl (C=O) groups is 1. The van der Waals surface area contributed by atoms with Crippen molar-refractivity contribution >= 4 is 15.8 Å². The molecule has 78 valence electrons. The minimum absolute atomic E-state index is 0.301. The third-order valence-corrected chi connectivity index (χ3v) is 3.71. The Morgan fingerprint density at radius 1 is 1.43 bits per heavy atom. The third-order valence-electron chi connectivity index (χ3n) is 1.69. The summed E-state index contributed by atoms with van der Waals surface area (Å²) in [6.45, 7) is 3.00. The van der Waals surface area contributed by atoms with E-state index in [0.717, 1.165) is 12.1 Å². The lowest BCUT2D eigenvalue weighted by atomic mass is 10.5. The van der Waals surface area contributed by atoms with Crippen LogP contribution in [0.1, 0.15) is 24.4 Å². The normalized spacial score (nSPS) is 11.9. The smallest absolute Gasteiger partial charge is 0.371 e. The van der Waals surface area contributed by atoms with Gasteiger partial charge in [0.15, 0.2) is 0 Å². The molecule has 1 heterocycles. The van der Waals surface area contributed by atoms with E-state index in [2.05, 4.69) is 4.42 Å². The average Bonchev–Trinajstić information content (AvgIpc) is 2.51.